The van der Waals surface area contributed by atoms with E-state index in [4.69, 9.17) is 10.8 Å². The third-order valence-corrected chi connectivity index (χ3v) is 8.50. The number of benzene rings is 2. The van der Waals surface area contributed by atoms with Gasteiger partial charge in [-0.05, 0) is 61.1 Å². The summed E-state index contributed by atoms with van der Waals surface area (Å²) in [7, 11) is 0. The monoisotopic (exact) mass is 603 g/mol. The van der Waals surface area contributed by atoms with E-state index in [-0.39, 0.29) is 43.3 Å². The Labute approximate surface area is 257 Å². The van der Waals surface area contributed by atoms with Crippen molar-refractivity contribution in [2.75, 3.05) is 38.2 Å². The molecule has 0 saturated carbocycles. The van der Waals surface area contributed by atoms with Gasteiger partial charge in [-0.2, -0.15) is 0 Å². The number of carbonyl (C=O) groups is 1. The van der Waals surface area contributed by atoms with Gasteiger partial charge >= 0.3 is 0 Å². The van der Waals surface area contributed by atoms with Gasteiger partial charge in [0.25, 0.3) is 0 Å². The van der Waals surface area contributed by atoms with E-state index in [0.29, 0.717) is 37.4 Å². The molecule has 0 radical (unpaired) electrons. The lowest BCUT2D eigenvalue weighted by molar-refractivity contribution is -0.132. The maximum absolute atomic E-state index is 15.0. The lowest BCUT2D eigenvalue weighted by atomic mass is 9.91. The van der Waals surface area contributed by atoms with Gasteiger partial charge in [-0.1, -0.05) is 36.4 Å². The molecule has 4 aromatic rings. The molecule has 9 nitrogen and oxygen atoms in total. The molecule has 234 valence electrons. The number of nitrogens with two attached hydrogens (primary N) is 1. The van der Waals surface area contributed by atoms with E-state index in [0.717, 1.165) is 46.2 Å². The summed E-state index contributed by atoms with van der Waals surface area (Å²) in [4.78, 5) is 19.7. The second kappa shape index (κ2) is 14.3. The number of nitrogens with one attached hydrogen (secondary N) is 1. The standard InChI is InChI=1S/C34H42FN5O4/c1-22-29-5-2-6-30(35)34(29)40(20-28(43)21-42)33(22)26-4-3-14-39(19-26)32(44)17-27(36)16-23-7-9-24(10-8-23)25-11-12-31(38-18-25)37-13-15-41/h2,5-12,18,26-28,41-43H,3-4,13-17,19-21,36H2,1H3,(H,37,38). The Bertz CT molecular complexity index is 1560. The van der Waals surface area contributed by atoms with Crippen LogP contribution in [0, 0.1) is 12.7 Å². The van der Waals surface area contributed by atoms with Crippen molar-refractivity contribution in [3.05, 3.63) is 83.4 Å². The highest BCUT2D eigenvalue weighted by atomic mass is 19.1. The topological polar surface area (TPSA) is 137 Å². The van der Waals surface area contributed by atoms with Crippen molar-refractivity contribution in [3.8, 4) is 11.1 Å². The minimum atomic E-state index is -1.02. The number of hydrogen-bond donors (Lipinski definition) is 5. The first-order chi connectivity index (χ1) is 21.3. The van der Waals surface area contributed by atoms with Crippen molar-refractivity contribution >= 4 is 22.6 Å². The van der Waals surface area contributed by atoms with Crippen molar-refractivity contribution in [2.45, 2.75) is 57.2 Å². The van der Waals surface area contributed by atoms with Gasteiger partial charge in [0.2, 0.25) is 5.91 Å². The Balaban J connectivity index is 1.23. The van der Waals surface area contributed by atoms with Crippen LogP contribution in [0.4, 0.5) is 10.2 Å². The first kappa shape index (κ1) is 31.6. The van der Waals surface area contributed by atoms with E-state index in [1.54, 1.807) is 16.8 Å². The van der Waals surface area contributed by atoms with Crippen LogP contribution in [0.2, 0.25) is 0 Å². The summed E-state index contributed by atoms with van der Waals surface area (Å²) in [5.41, 5.74) is 11.8. The predicted molar refractivity (Wildman–Crippen MR) is 170 cm³/mol. The SMILES string of the molecule is Cc1c(C2CCCN(C(=O)CC(N)Cc3ccc(-c4ccc(NCCO)nc4)cc3)C2)n(CC(O)CO)c2c(F)cccc12. The summed E-state index contributed by atoms with van der Waals surface area (Å²) in [5.74, 6) is 0.317. The fourth-order valence-electron chi connectivity index (χ4n) is 6.38. The van der Waals surface area contributed by atoms with Crippen molar-refractivity contribution < 1.29 is 24.5 Å². The number of nitrogens with zero attached hydrogens (tertiary/aromatic N) is 3. The highest BCUT2D eigenvalue weighted by molar-refractivity contribution is 5.86. The quantitative estimate of drug-likeness (QED) is 0.167. The zero-order chi connectivity index (χ0) is 31.2. The summed E-state index contributed by atoms with van der Waals surface area (Å²) in [5, 5.41) is 32.6. The van der Waals surface area contributed by atoms with Crippen LogP contribution in [0.5, 0.6) is 0 Å². The van der Waals surface area contributed by atoms with E-state index in [9.17, 15) is 19.4 Å². The Kier molecular flexibility index (Phi) is 10.3. The van der Waals surface area contributed by atoms with E-state index in [1.165, 1.54) is 6.07 Å². The molecule has 0 spiro atoms. The van der Waals surface area contributed by atoms with Crippen LogP contribution in [0.15, 0.2) is 60.8 Å². The summed E-state index contributed by atoms with van der Waals surface area (Å²) in [6, 6.07) is 16.6. The van der Waals surface area contributed by atoms with E-state index in [2.05, 4.69) is 10.3 Å². The van der Waals surface area contributed by atoms with Gasteiger partial charge in [-0.25, -0.2) is 9.37 Å². The molecule has 0 bridgehead atoms. The molecule has 44 heavy (non-hydrogen) atoms. The van der Waals surface area contributed by atoms with Crippen LogP contribution in [0.3, 0.4) is 0 Å². The highest BCUT2D eigenvalue weighted by Gasteiger charge is 2.31. The molecule has 6 N–H and O–H groups in total. The lowest BCUT2D eigenvalue weighted by Gasteiger charge is -2.34. The Morgan fingerprint density at radius 2 is 1.91 bits per heavy atom. The number of pyridine rings is 1. The summed E-state index contributed by atoms with van der Waals surface area (Å²) in [6.07, 6.45) is 3.21. The summed E-state index contributed by atoms with van der Waals surface area (Å²) in [6.45, 7) is 3.26. The maximum atomic E-state index is 15.0. The number of aromatic nitrogens is 2. The Hall–Kier alpha value is -3.83. The zero-order valence-corrected chi connectivity index (χ0v) is 25.1. The van der Waals surface area contributed by atoms with E-state index in [1.807, 2.05) is 54.3 Å². The molecule has 5 rings (SSSR count). The number of carbonyl (C=O) groups excluding carboxylic acids is 1. The number of aryl methyl sites for hydroxylation is 1. The van der Waals surface area contributed by atoms with Gasteiger partial charge in [0.1, 0.15) is 11.6 Å². The molecule has 1 aliphatic rings. The average molecular weight is 604 g/mol. The van der Waals surface area contributed by atoms with Gasteiger partial charge in [-0.3, -0.25) is 4.79 Å². The molecule has 0 aliphatic carbocycles. The number of fused-ring (bicyclic) bond motifs is 1. The molecule has 1 saturated heterocycles. The van der Waals surface area contributed by atoms with Crippen LogP contribution in [0.25, 0.3) is 22.0 Å². The molecule has 2 aromatic heterocycles. The van der Waals surface area contributed by atoms with Gasteiger partial charge in [0.05, 0.1) is 31.4 Å². The fraction of sp³-hybridized carbons (Fsp3) is 0.412. The van der Waals surface area contributed by atoms with Gasteiger partial charge < -0.3 is 35.8 Å². The zero-order valence-electron chi connectivity index (χ0n) is 25.1. The van der Waals surface area contributed by atoms with Gasteiger partial charge in [0, 0.05) is 60.9 Å². The third kappa shape index (κ3) is 7.10. The van der Waals surface area contributed by atoms with Crippen molar-refractivity contribution in [2.24, 2.45) is 5.73 Å². The molecule has 2 aromatic carbocycles. The number of aliphatic hydroxyl groups excluding tert-OH is 3. The molecule has 3 unspecified atom stereocenters. The highest BCUT2D eigenvalue weighted by Crippen LogP contribution is 2.37. The van der Waals surface area contributed by atoms with Crippen LogP contribution >= 0.6 is 0 Å². The largest absolute Gasteiger partial charge is 0.395 e. The van der Waals surface area contributed by atoms with Crippen LogP contribution < -0.4 is 11.1 Å². The average Bonchev–Trinajstić information content (AvgIpc) is 3.32. The summed E-state index contributed by atoms with van der Waals surface area (Å²) >= 11 is 0. The minimum absolute atomic E-state index is 0.00156. The molecule has 1 amide bonds. The van der Waals surface area contributed by atoms with E-state index >= 15 is 0 Å². The second-order valence-corrected chi connectivity index (χ2v) is 11.7. The number of halogens is 1. The third-order valence-electron chi connectivity index (χ3n) is 8.50. The molecule has 1 aliphatic heterocycles. The normalized spacial score (nSPS) is 16.7. The van der Waals surface area contributed by atoms with Crippen LogP contribution in [0.1, 0.15) is 42.0 Å². The molecule has 3 atom stereocenters. The number of amides is 1. The number of anilines is 1. The number of hydrogen-bond acceptors (Lipinski definition) is 7. The maximum Gasteiger partial charge on any atom is 0.224 e. The van der Waals surface area contributed by atoms with Crippen LogP contribution in [-0.2, 0) is 17.8 Å². The van der Waals surface area contributed by atoms with Gasteiger partial charge in [0.15, 0.2) is 0 Å². The van der Waals surface area contributed by atoms with Crippen molar-refractivity contribution in [1.29, 1.82) is 0 Å². The Morgan fingerprint density at radius 1 is 1.14 bits per heavy atom. The van der Waals surface area contributed by atoms with Gasteiger partial charge in [-0.15, -0.1) is 0 Å². The fourth-order valence-corrected chi connectivity index (χ4v) is 6.38. The number of piperidine rings is 1. The number of aliphatic hydroxyl groups is 3. The number of para-hydroxylation sites is 1. The smallest absolute Gasteiger partial charge is 0.224 e. The van der Waals surface area contributed by atoms with Crippen molar-refractivity contribution in [3.63, 3.8) is 0 Å². The molecular weight excluding hydrogens is 561 g/mol. The molecule has 1 fully saturated rings. The minimum Gasteiger partial charge on any atom is -0.395 e. The number of likely N-dealkylation sites (tertiary alicyclic amines) is 1. The first-order valence-corrected chi connectivity index (χ1v) is 15.3. The molecular formula is C34H42FN5O4. The second-order valence-electron chi connectivity index (χ2n) is 11.7. The van der Waals surface area contributed by atoms with E-state index < -0.39 is 12.7 Å². The first-order valence-electron chi connectivity index (χ1n) is 15.3. The molecule has 10 heteroatoms. The van der Waals surface area contributed by atoms with Crippen molar-refractivity contribution in [1.82, 2.24) is 14.5 Å². The Morgan fingerprint density at radius 3 is 2.61 bits per heavy atom. The van der Waals surface area contributed by atoms with Crippen LogP contribution in [-0.4, -0.2) is 80.7 Å². The predicted octanol–water partition coefficient (Wildman–Crippen LogP) is 3.57. The number of rotatable bonds is 12. The molecule has 3 heterocycles. The lowest BCUT2D eigenvalue weighted by Crippen LogP contribution is -2.42. The summed E-state index contributed by atoms with van der Waals surface area (Å²) < 4.78 is 16.8.